The van der Waals surface area contributed by atoms with Crippen LogP contribution in [0, 0.1) is 0 Å². The highest BCUT2D eigenvalue weighted by atomic mass is 32.1. The van der Waals surface area contributed by atoms with E-state index in [0.717, 1.165) is 36.1 Å². The fraction of sp³-hybridized carbons (Fsp3) is 0.688. The molecular weight excluding hydrogens is 270 g/mol. The van der Waals surface area contributed by atoms with Crippen molar-refractivity contribution >= 4 is 17.2 Å². The highest BCUT2D eigenvalue weighted by molar-refractivity contribution is 7.12. The third kappa shape index (κ3) is 4.06. The van der Waals surface area contributed by atoms with Crippen molar-refractivity contribution in [2.24, 2.45) is 0 Å². The van der Waals surface area contributed by atoms with Gasteiger partial charge in [0.2, 0.25) is 0 Å². The third-order valence-corrected chi connectivity index (χ3v) is 4.70. The number of carbonyl (C=O) groups excluding carboxylic acids is 1. The summed E-state index contributed by atoms with van der Waals surface area (Å²) in [6, 6.07) is 1.98. The Morgan fingerprint density at radius 1 is 1.35 bits per heavy atom. The van der Waals surface area contributed by atoms with Crippen LogP contribution in [0.15, 0.2) is 11.4 Å². The molecule has 112 valence electrons. The van der Waals surface area contributed by atoms with Crippen LogP contribution in [0.3, 0.4) is 0 Å². The number of thiophene rings is 1. The Labute approximate surface area is 125 Å². The Balaban J connectivity index is 2.10. The molecule has 0 atom stereocenters. The minimum Gasteiger partial charge on any atom is -0.390 e. The minimum absolute atomic E-state index is 0.0260. The SMILES string of the molecule is CC(C)(C)NC(=O)c1sccc1CC1(O)CCCCC1. The predicted octanol–water partition coefficient (Wildman–Crippen LogP) is 3.51. The standard InChI is InChI=1S/C16H25NO2S/c1-15(2,3)17-14(18)13-12(7-10-20-13)11-16(19)8-5-4-6-9-16/h7,10,19H,4-6,8-9,11H2,1-3H3,(H,17,18). The van der Waals surface area contributed by atoms with Gasteiger partial charge in [0.05, 0.1) is 10.5 Å². The molecule has 0 spiro atoms. The molecule has 0 aromatic carbocycles. The van der Waals surface area contributed by atoms with Gasteiger partial charge in [0.1, 0.15) is 0 Å². The average Bonchev–Trinajstić information content (AvgIpc) is 2.75. The van der Waals surface area contributed by atoms with Crippen molar-refractivity contribution in [1.82, 2.24) is 5.32 Å². The summed E-state index contributed by atoms with van der Waals surface area (Å²) < 4.78 is 0. The summed E-state index contributed by atoms with van der Waals surface area (Å²) >= 11 is 1.46. The van der Waals surface area contributed by atoms with Gasteiger partial charge in [0, 0.05) is 12.0 Å². The average molecular weight is 295 g/mol. The van der Waals surface area contributed by atoms with E-state index < -0.39 is 5.60 Å². The lowest BCUT2D eigenvalue weighted by Crippen LogP contribution is -2.41. The van der Waals surface area contributed by atoms with Crippen molar-refractivity contribution in [3.8, 4) is 0 Å². The van der Waals surface area contributed by atoms with Crippen LogP contribution in [0.4, 0.5) is 0 Å². The normalized spacial score (nSPS) is 18.8. The van der Waals surface area contributed by atoms with Gasteiger partial charge >= 0.3 is 0 Å². The molecule has 0 bridgehead atoms. The molecule has 0 unspecified atom stereocenters. The Morgan fingerprint density at radius 2 is 2.00 bits per heavy atom. The van der Waals surface area contributed by atoms with Crippen molar-refractivity contribution in [2.45, 2.75) is 70.4 Å². The maximum absolute atomic E-state index is 12.3. The molecule has 20 heavy (non-hydrogen) atoms. The van der Waals surface area contributed by atoms with Gasteiger partial charge in [0.25, 0.3) is 5.91 Å². The Kier molecular flexibility index (Phi) is 4.55. The summed E-state index contributed by atoms with van der Waals surface area (Å²) in [7, 11) is 0. The highest BCUT2D eigenvalue weighted by Gasteiger charge is 2.31. The zero-order valence-electron chi connectivity index (χ0n) is 12.7. The van der Waals surface area contributed by atoms with E-state index in [2.05, 4.69) is 5.32 Å². The van der Waals surface area contributed by atoms with Crippen molar-refractivity contribution in [1.29, 1.82) is 0 Å². The van der Waals surface area contributed by atoms with Gasteiger partial charge in [-0.25, -0.2) is 0 Å². The fourth-order valence-corrected chi connectivity index (χ4v) is 3.63. The van der Waals surface area contributed by atoms with Gasteiger partial charge in [-0.1, -0.05) is 19.3 Å². The number of rotatable bonds is 3. The molecule has 1 fully saturated rings. The molecule has 0 aliphatic heterocycles. The third-order valence-electron chi connectivity index (χ3n) is 3.75. The lowest BCUT2D eigenvalue weighted by atomic mass is 9.80. The number of aliphatic hydroxyl groups is 1. The minimum atomic E-state index is -0.615. The zero-order valence-corrected chi connectivity index (χ0v) is 13.5. The first-order chi connectivity index (χ1) is 9.29. The molecule has 0 saturated heterocycles. The molecule has 1 aromatic rings. The Hall–Kier alpha value is -0.870. The van der Waals surface area contributed by atoms with Crippen LogP contribution in [-0.2, 0) is 6.42 Å². The number of amides is 1. The number of carbonyl (C=O) groups is 1. The van der Waals surface area contributed by atoms with Crippen LogP contribution in [0.25, 0.3) is 0 Å². The first kappa shape index (κ1) is 15.5. The second-order valence-electron chi connectivity index (χ2n) is 6.94. The Morgan fingerprint density at radius 3 is 2.60 bits per heavy atom. The molecular formula is C16H25NO2S. The lowest BCUT2D eigenvalue weighted by Gasteiger charge is -2.32. The molecule has 1 aliphatic carbocycles. The van der Waals surface area contributed by atoms with E-state index in [1.165, 1.54) is 17.8 Å². The summed E-state index contributed by atoms with van der Waals surface area (Å²) in [5.41, 5.74) is 0.136. The van der Waals surface area contributed by atoms with Crippen LogP contribution in [0.2, 0.25) is 0 Å². The quantitative estimate of drug-likeness (QED) is 0.896. The monoisotopic (exact) mass is 295 g/mol. The smallest absolute Gasteiger partial charge is 0.262 e. The van der Waals surface area contributed by atoms with E-state index in [4.69, 9.17) is 0 Å². The molecule has 1 amide bonds. The van der Waals surface area contributed by atoms with E-state index in [-0.39, 0.29) is 11.4 Å². The molecule has 1 aromatic heterocycles. The molecule has 1 aliphatic rings. The van der Waals surface area contributed by atoms with Crippen LogP contribution in [0.5, 0.6) is 0 Å². The zero-order chi connectivity index (χ0) is 14.8. The van der Waals surface area contributed by atoms with E-state index in [1.807, 2.05) is 32.2 Å². The highest BCUT2D eigenvalue weighted by Crippen LogP contribution is 2.33. The number of hydrogen-bond acceptors (Lipinski definition) is 3. The van der Waals surface area contributed by atoms with E-state index in [9.17, 15) is 9.90 Å². The summed E-state index contributed by atoms with van der Waals surface area (Å²) in [6.07, 6.45) is 5.69. The van der Waals surface area contributed by atoms with Gasteiger partial charge < -0.3 is 10.4 Å². The molecule has 3 nitrogen and oxygen atoms in total. The molecule has 1 heterocycles. The van der Waals surface area contributed by atoms with E-state index in [1.54, 1.807) is 0 Å². The van der Waals surface area contributed by atoms with Crippen LogP contribution in [0.1, 0.15) is 68.1 Å². The number of hydrogen-bond donors (Lipinski definition) is 2. The van der Waals surface area contributed by atoms with Gasteiger partial charge in [-0.2, -0.15) is 0 Å². The van der Waals surface area contributed by atoms with Gasteiger partial charge in [-0.3, -0.25) is 4.79 Å². The summed E-state index contributed by atoms with van der Waals surface area (Å²) in [6.45, 7) is 5.94. The summed E-state index contributed by atoms with van der Waals surface area (Å²) in [5, 5.41) is 15.6. The second-order valence-corrected chi connectivity index (χ2v) is 7.86. The van der Waals surface area contributed by atoms with Gasteiger partial charge in [0.15, 0.2) is 0 Å². The second kappa shape index (κ2) is 5.86. The van der Waals surface area contributed by atoms with Gasteiger partial charge in [-0.15, -0.1) is 11.3 Å². The largest absolute Gasteiger partial charge is 0.390 e. The summed E-state index contributed by atoms with van der Waals surface area (Å²) in [4.78, 5) is 13.1. The van der Waals surface area contributed by atoms with Crippen molar-refractivity contribution < 1.29 is 9.90 Å². The molecule has 1 saturated carbocycles. The topological polar surface area (TPSA) is 49.3 Å². The van der Waals surface area contributed by atoms with Crippen LogP contribution in [-0.4, -0.2) is 22.2 Å². The Bertz CT molecular complexity index is 467. The molecule has 4 heteroatoms. The van der Waals surface area contributed by atoms with Crippen molar-refractivity contribution in [3.63, 3.8) is 0 Å². The first-order valence-electron chi connectivity index (χ1n) is 7.40. The maximum Gasteiger partial charge on any atom is 0.262 e. The van der Waals surface area contributed by atoms with Crippen molar-refractivity contribution in [2.75, 3.05) is 0 Å². The van der Waals surface area contributed by atoms with Crippen LogP contribution >= 0.6 is 11.3 Å². The summed E-state index contributed by atoms with van der Waals surface area (Å²) in [5.74, 6) is -0.0260. The molecule has 2 rings (SSSR count). The first-order valence-corrected chi connectivity index (χ1v) is 8.28. The van der Waals surface area contributed by atoms with Crippen molar-refractivity contribution in [3.05, 3.63) is 21.9 Å². The lowest BCUT2D eigenvalue weighted by molar-refractivity contribution is 0.00447. The molecule has 0 radical (unpaired) electrons. The van der Waals surface area contributed by atoms with E-state index >= 15 is 0 Å². The molecule has 2 N–H and O–H groups in total. The predicted molar refractivity (Wildman–Crippen MR) is 83.3 cm³/mol. The van der Waals surface area contributed by atoms with Crippen LogP contribution < -0.4 is 5.32 Å². The fourth-order valence-electron chi connectivity index (χ4n) is 2.81. The maximum atomic E-state index is 12.3. The van der Waals surface area contributed by atoms with E-state index in [0.29, 0.717) is 6.42 Å². The van der Waals surface area contributed by atoms with Gasteiger partial charge in [-0.05, 0) is 50.6 Å². The number of nitrogens with one attached hydrogen (secondary N) is 1.